The van der Waals surface area contributed by atoms with Gasteiger partial charge in [-0.1, -0.05) is 60.1 Å². The Morgan fingerprint density at radius 2 is 1.69 bits per heavy atom. The van der Waals surface area contributed by atoms with Crippen molar-refractivity contribution in [3.05, 3.63) is 83.0 Å². The van der Waals surface area contributed by atoms with Crippen LogP contribution in [-0.2, 0) is 4.79 Å². The van der Waals surface area contributed by atoms with Crippen LogP contribution in [0.15, 0.2) is 61.3 Å². The summed E-state index contributed by atoms with van der Waals surface area (Å²) in [6.07, 6.45) is 6.97. The predicted molar refractivity (Wildman–Crippen MR) is 136 cm³/mol. The Balaban J connectivity index is 0.000000274. The first-order valence-electron chi connectivity index (χ1n) is 11.5. The van der Waals surface area contributed by atoms with Crippen LogP contribution in [-0.4, -0.2) is 29.4 Å². The third kappa shape index (κ3) is 7.11. The van der Waals surface area contributed by atoms with Crippen LogP contribution in [0.1, 0.15) is 61.8 Å². The number of amides is 1. The van der Waals surface area contributed by atoms with E-state index in [1.807, 2.05) is 31.2 Å². The topological polar surface area (TPSA) is 58.4 Å². The maximum absolute atomic E-state index is 12.8. The van der Waals surface area contributed by atoms with E-state index in [4.69, 9.17) is 11.6 Å². The largest absolute Gasteiger partial charge is 0.405 e. The van der Waals surface area contributed by atoms with E-state index in [1.54, 1.807) is 0 Å². The highest BCUT2D eigenvalue weighted by Crippen LogP contribution is 2.40. The Bertz CT molecular complexity index is 838. The van der Waals surface area contributed by atoms with Crippen molar-refractivity contribution in [2.75, 3.05) is 13.1 Å². The molecule has 5 heteroatoms. The minimum atomic E-state index is -0.199. The van der Waals surface area contributed by atoms with Crippen LogP contribution in [0, 0.1) is 13.8 Å². The highest BCUT2D eigenvalue weighted by molar-refractivity contribution is 6.30. The molecule has 0 radical (unpaired) electrons. The first-order valence-corrected chi connectivity index (χ1v) is 11.9. The number of nitrogens with one attached hydrogen (secondary N) is 1. The second-order valence-corrected chi connectivity index (χ2v) is 9.16. The molecular weight excluding hydrogens is 418 g/mol. The van der Waals surface area contributed by atoms with Crippen LogP contribution >= 0.6 is 11.6 Å². The summed E-state index contributed by atoms with van der Waals surface area (Å²) in [5, 5.41) is 4.06. The molecule has 2 aromatic carbocycles. The standard InChI is InChI=1S/C18H26N2O.C7H7Cl.C2H5N/c1-14-6-8-16(9-7-14)15(2)19-17(21)18(10-5-11-18)20-12-3-4-13-20;1-6-3-2-4-7(8)5-6;1-2-3/h6-9,15H,3-5,10-13H2,1-2H3,(H,19,21);2-5H,1H3;2H,1,3H2. The molecular formula is C27H38ClN3O. The Labute approximate surface area is 198 Å². The van der Waals surface area contributed by atoms with Gasteiger partial charge in [-0.25, -0.2) is 0 Å². The van der Waals surface area contributed by atoms with E-state index in [9.17, 15) is 4.79 Å². The number of nitrogens with two attached hydrogens (primary N) is 1. The molecule has 1 saturated carbocycles. The lowest BCUT2D eigenvalue weighted by Crippen LogP contribution is -2.62. The number of rotatable bonds is 4. The molecule has 32 heavy (non-hydrogen) atoms. The maximum Gasteiger partial charge on any atom is 0.240 e. The molecule has 2 aromatic rings. The molecule has 1 heterocycles. The average Bonchev–Trinajstić information content (AvgIpc) is 3.23. The van der Waals surface area contributed by atoms with Crippen molar-refractivity contribution in [3.63, 3.8) is 0 Å². The fourth-order valence-corrected chi connectivity index (χ4v) is 4.46. The Kier molecular flexibility index (Phi) is 10.3. The molecule has 0 spiro atoms. The zero-order valence-electron chi connectivity index (χ0n) is 19.7. The molecule has 1 amide bonds. The van der Waals surface area contributed by atoms with Gasteiger partial charge in [0.05, 0.1) is 6.04 Å². The summed E-state index contributed by atoms with van der Waals surface area (Å²) in [5.74, 6) is 0.240. The zero-order chi connectivity index (χ0) is 23.6. The molecule has 1 unspecified atom stereocenters. The van der Waals surface area contributed by atoms with Gasteiger partial charge in [0.1, 0.15) is 5.54 Å². The van der Waals surface area contributed by atoms with E-state index in [0.717, 1.165) is 31.0 Å². The molecule has 2 aliphatic rings. The van der Waals surface area contributed by atoms with Gasteiger partial charge in [-0.2, -0.15) is 0 Å². The number of likely N-dealkylation sites (tertiary alicyclic amines) is 1. The molecule has 1 aliphatic carbocycles. The molecule has 174 valence electrons. The molecule has 0 bridgehead atoms. The van der Waals surface area contributed by atoms with Crippen LogP contribution in [0.3, 0.4) is 0 Å². The summed E-state index contributed by atoms with van der Waals surface area (Å²) < 4.78 is 0. The molecule has 1 saturated heterocycles. The minimum Gasteiger partial charge on any atom is -0.405 e. The fraction of sp³-hybridized carbons (Fsp3) is 0.444. The summed E-state index contributed by atoms with van der Waals surface area (Å²) in [6, 6.07) is 16.3. The van der Waals surface area contributed by atoms with Crippen molar-refractivity contribution in [2.24, 2.45) is 5.73 Å². The molecule has 4 rings (SSSR count). The summed E-state index contributed by atoms with van der Waals surface area (Å²) in [5.41, 5.74) is 8.06. The van der Waals surface area contributed by atoms with Crippen LogP contribution in [0.5, 0.6) is 0 Å². The lowest BCUT2D eigenvalue weighted by Gasteiger charge is -2.47. The van der Waals surface area contributed by atoms with E-state index in [1.165, 1.54) is 42.2 Å². The van der Waals surface area contributed by atoms with Crippen molar-refractivity contribution >= 4 is 17.5 Å². The quantitative estimate of drug-likeness (QED) is 0.600. The average molecular weight is 456 g/mol. The van der Waals surface area contributed by atoms with E-state index < -0.39 is 0 Å². The van der Waals surface area contributed by atoms with Gasteiger partial charge in [-0.15, -0.1) is 0 Å². The minimum absolute atomic E-state index is 0.0816. The number of hydrogen-bond acceptors (Lipinski definition) is 3. The van der Waals surface area contributed by atoms with Gasteiger partial charge in [0.25, 0.3) is 0 Å². The van der Waals surface area contributed by atoms with Crippen LogP contribution < -0.4 is 11.1 Å². The van der Waals surface area contributed by atoms with Gasteiger partial charge < -0.3 is 11.1 Å². The Morgan fingerprint density at radius 3 is 2.12 bits per heavy atom. The predicted octanol–water partition coefficient (Wildman–Crippen LogP) is 5.93. The van der Waals surface area contributed by atoms with E-state index in [2.05, 4.69) is 60.6 Å². The first kappa shape index (κ1) is 26.0. The molecule has 1 atom stereocenters. The first-order chi connectivity index (χ1) is 15.3. The van der Waals surface area contributed by atoms with Gasteiger partial charge in [0.15, 0.2) is 0 Å². The van der Waals surface area contributed by atoms with Crippen molar-refractivity contribution in [1.29, 1.82) is 0 Å². The molecule has 2 fully saturated rings. The number of hydrogen-bond donors (Lipinski definition) is 2. The lowest BCUT2D eigenvalue weighted by atomic mass is 9.74. The van der Waals surface area contributed by atoms with Crippen LogP contribution in [0.2, 0.25) is 5.02 Å². The maximum atomic E-state index is 12.8. The molecule has 1 aliphatic heterocycles. The van der Waals surface area contributed by atoms with E-state index in [-0.39, 0.29) is 17.5 Å². The van der Waals surface area contributed by atoms with Crippen molar-refractivity contribution in [3.8, 4) is 0 Å². The summed E-state index contributed by atoms with van der Waals surface area (Å²) in [7, 11) is 0. The number of aryl methyl sites for hydroxylation is 2. The lowest BCUT2D eigenvalue weighted by molar-refractivity contribution is -0.139. The molecule has 4 nitrogen and oxygen atoms in total. The zero-order valence-corrected chi connectivity index (χ0v) is 20.5. The molecule has 0 aromatic heterocycles. The van der Waals surface area contributed by atoms with Gasteiger partial charge in [-0.05, 0) is 95.4 Å². The Morgan fingerprint density at radius 1 is 1.09 bits per heavy atom. The Hall–Kier alpha value is -2.30. The number of halogens is 1. The molecule has 3 N–H and O–H groups in total. The van der Waals surface area contributed by atoms with Gasteiger partial charge >= 0.3 is 0 Å². The highest BCUT2D eigenvalue weighted by atomic mass is 35.5. The summed E-state index contributed by atoms with van der Waals surface area (Å²) in [6.45, 7) is 11.5. The number of carbonyl (C=O) groups excluding carboxylic acids is 1. The van der Waals surface area contributed by atoms with Crippen molar-refractivity contribution < 1.29 is 4.79 Å². The number of nitrogens with zero attached hydrogens (tertiary/aromatic N) is 1. The van der Waals surface area contributed by atoms with Crippen molar-refractivity contribution in [1.82, 2.24) is 10.2 Å². The van der Waals surface area contributed by atoms with E-state index >= 15 is 0 Å². The van der Waals surface area contributed by atoms with E-state index in [0.29, 0.717) is 0 Å². The summed E-state index contributed by atoms with van der Waals surface area (Å²) in [4.78, 5) is 15.3. The van der Waals surface area contributed by atoms with Crippen LogP contribution in [0.4, 0.5) is 0 Å². The number of benzene rings is 2. The van der Waals surface area contributed by atoms with Crippen molar-refractivity contribution in [2.45, 2.75) is 64.5 Å². The SMILES string of the molecule is C=CN.Cc1ccc(C(C)NC(=O)C2(N3CCCC3)CCC2)cc1.Cc1cccc(Cl)c1. The monoisotopic (exact) mass is 455 g/mol. The van der Waals surface area contributed by atoms with Gasteiger partial charge in [0, 0.05) is 5.02 Å². The third-order valence-corrected chi connectivity index (χ3v) is 6.45. The number of carbonyl (C=O) groups is 1. The van der Waals surface area contributed by atoms with Gasteiger partial charge in [-0.3, -0.25) is 9.69 Å². The second-order valence-electron chi connectivity index (χ2n) is 8.72. The van der Waals surface area contributed by atoms with Crippen LogP contribution in [0.25, 0.3) is 0 Å². The smallest absolute Gasteiger partial charge is 0.240 e. The fourth-order valence-electron chi connectivity index (χ4n) is 4.22. The van der Waals surface area contributed by atoms with Gasteiger partial charge in [0.2, 0.25) is 5.91 Å². The summed E-state index contributed by atoms with van der Waals surface area (Å²) >= 11 is 5.64. The highest BCUT2D eigenvalue weighted by Gasteiger charge is 2.49. The normalized spacial score (nSPS) is 17.5. The second kappa shape index (κ2) is 12.7. The third-order valence-electron chi connectivity index (χ3n) is 6.22.